The molecular weight excluding hydrogens is 508 g/mol. The number of aliphatic carboxylic acids is 1. The fraction of sp³-hybridized carbons (Fsp3) is 0.448. The molecule has 1 aromatic heterocycles. The summed E-state index contributed by atoms with van der Waals surface area (Å²) in [6.07, 6.45) is 4.27. The second-order valence-electron chi connectivity index (χ2n) is 10.1. The Hall–Kier alpha value is -2.75. The van der Waals surface area contributed by atoms with Gasteiger partial charge in [0.2, 0.25) is 0 Å². The molecule has 0 aliphatic carbocycles. The standard InChI is InChI=1S/C29H35F2N3O3S/c1-33(2)28(24-8-10-32-27-6-5-22(37-3)17-25(24)27)7-4-19-9-11-34(18-26(19)29(35)36)12-13-38-23-15-20(30)14-21(31)16-23/h5-6,8,10,14-17,19,26,28H,4,7,9,11-13,18H2,1-3H3,(H,35,36)/t19-,26+,28+/m1/s1. The van der Waals surface area contributed by atoms with Crippen molar-refractivity contribution >= 4 is 28.6 Å². The Balaban J connectivity index is 1.39. The van der Waals surface area contributed by atoms with Crippen LogP contribution in [-0.4, -0.2) is 72.5 Å². The van der Waals surface area contributed by atoms with Crippen molar-refractivity contribution in [3.63, 3.8) is 0 Å². The molecule has 0 saturated carbocycles. The highest BCUT2D eigenvalue weighted by Crippen LogP contribution is 2.36. The van der Waals surface area contributed by atoms with Crippen LogP contribution in [0.5, 0.6) is 5.75 Å². The van der Waals surface area contributed by atoms with Gasteiger partial charge in [-0.3, -0.25) is 9.78 Å². The van der Waals surface area contributed by atoms with Crippen LogP contribution in [0, 0.1) is 23.5 Å². The highest BCUT2D eigenvalue weighted by Gasteiger charge is 2.34. The van der Waals surface area contributed by atoms with Gasteiger partial charge in [0.1, 0.15) is 17.4 Å². The monoisotopic (exact) mass is 543 g/mol. The maximum absolute atomic E-state index is 13.5. The maximum atomic E-state index is 13.5. The summed E-state index contributed by atoms with van der Waals surface area (Å²) in [4.78, 5) is 21.6. The number of benzene rings is 2. The predicted octanol–water partition coefficient (Wildman–Crippen LogP) is 5.72. The number of aromatic nitrogens is 1. The molecule has 3 aromatic rings. The Morgan fingerprint density at radius 1 is 1.21 bits per heavy atom. The Bertz CT molecular complexity index is 1240. The molecule has 0 unspecified atom stereocenters. The van der Waals surface area contributed by atoms with E-state index >= 15 is 0 Å². The lowest BCUT2D eigenvalue weighted by molar-refractivity contribution is -0.146. The predicted molar refractivity (Wildman–Crippen MR) is 147 cm³/mol. The number of halogens is 2. The van der Waals surface area contributed by atoms with Crippen molar-refractivity contribution in [1.82, 2.24) is 14.8 Å². The van der Waals surface area contributed by atoms with Crippen LogP contribution in [0.3, 0.4) is 0 Å². The topological polar surface area (TPSA) is 65.9 Å². The van der Waals surface area contributed by atoms with Crippen molar-refractivity contribution < 1.29 is 23.4 Å². The maximum Gasteiger partial charge on any atom is 0.308 e. The molecule has 3 atom stereocenters. The van der Waals surface area contributed by atoms with Crippen LogP contribution in [0.25, 0.3) is 10.9 Å². The first-order valence-corrected chi connectivity index (χ1v) is 13.9. The molecule has 1 N–H and O–H groups in total. The molecular formula is C29H35F2N3O3S. The van der Waals surface area contributed by atoms with E-state index in [-0.39, 0.29) is 12.0 Å². The zero-order valence-electron chi connectivity index (χ0n) is 22.1. The number of piperidine rings is 1. The molecule has 0 bridgehead atoms. The summed E-state index contributed by atoms with van der Waals surface area (Å²) in [6.45, 7) is 1.97. The van der Waals surface area contributed by atoms with E-state index < -0.39 is 23.5 Å². The number of carbonyl (C=O) groups is 1. The summed E-state index contributed by atoms with van der Waals surface area (Å²) in [5, 5.41) is 11.1. The number of likely N-dealkylation sites (tertiary alicyclic amines) is 1. The van der Waals surface area contributed by atoms with E-state index in [9.17, 15) is 18.7 Å². The third kappa shape index (κ3) is 7.01. The smallest absolute Gasteiger partial charge is 0.308 e. The van der Waals surface area contributed by atoms with E-state index in [4.69, 9.17) is 4.74 Å². The van der Waals surface area contributed by atoms with Gasteiger partial charge in [0.05, 0.1) is 18.5 Å². The molecule has 38 heavy (non-hydrogen) atoms. The minimum absolute atomic E-state index is 0.0822. The molecule has 4 rings (SSSR count). The molecule has 204 valence electrons. The number of methoxy groups -OCH3 is 1. The molecule has 1 saturated heterocycles. The van der Waals surface area contributed by atoms with Crippen LogP contribution in [0.1, 0.15) is 30.9 Å². The molecule has 0 amide bonds. The Morgan fingerprint density at radius 3 is 2.66 bits per heavy atom. The van der Waals surface area contributed by atoms with Crippen LogP contribution >= 0.6 is 11.8 Å². The van der Waals surface area contributed by atoms with Crippen LogP contribution in [0.15, 0.2) is 53.6 Å². The minimum Gasteiger partial charge on any atom is -0.497 e. The zero-order valence-corrected chi connectivity index (χ0v) is 22.9. The molecule has 2 heterocycles. The quantitative estimate of drug-likeness (QED) is 0.310. The number of fused-ring (bicyclic) bond motifs is 1. The van der Waals surface area contributed by atoms with Gasteiger partial charge in [-0.2, -0.15) is 0 Å². The second kappa shape index (κ2) is 12.9. The van der Waals surface area contributed by atoms with Gasteiger partial charge in [-0.15, -0.1) is 11.8 Å². The highest BCUT2D eigenvalue weighted by atomic mass is 32.2. The van der Waals surface area contributed by atoms with Crippen LogP contribution in [0.2, 0.25) is 0 Å². The van der Waals surface area contributed by atoms with E-state index in [1.165, 1.54) is 23.9 Å². The molecule has 0 spiro atoms. The number of nitrogens with zero attached hydrogens (tertiary/aromatic N) is 3. The van der Waals surface area contributed by atoms with Gasteiger partial charge in [0.15, 0.2) is 0 Å². The lowest BCUT2D eigenvalue weighted by Gasteiger charge is -2.37. The molecule has 1 aliphatic heterocycles. The van der Waals surface area contributed by atoms with Crippen molar-refractivity contribution in [2.45, 2.75) is 30.2 Å². The van der Waals surface area contributed by atoms with Crippen LogP contribution < -0.4 is 4.74 Å². The molecule has 2 aromatic carbocycles. The van der Waals surface area contributed by atoms with Gasteiger partial charge >= 0.3 is 5.97 Å². The van der Waals surface area contributed by atoms with E-state index in [1.54, 1.807) is 7.11 Å². The van der Waals surface area contributed by atoms with E-state index in [0.29, 0.717) is 23.7 Å². The van der Waals surface area contributed by atoms with E-state index in [1.807, 2.05) is 30.5 Å². The zero-order chi connectivity index (χ0) is 27.2. The van der Waals surface area contributed by atoms with Crippen LogP contribution in [-0.2, 0) is 4.79 Å². The first-order chi connectivity index (χ1) is 18.2. The number of carboxylic acid groups (broad SMARTS) is 1. The minimum atomic E-state index is -0.764. The first kappa shape index (κ1) is 28.3. The van der Waals surface area contributed by atoms with Gasteiger partial charge in [0, 0.05) is 47.4 Å². The number of rotatable bonds is 11. The van der Waals surface area contributed by atoms with Gasteiger partial charge in [-0.05, 0) is 87.8 Å². The molecule has 6 nitrogen and oxygen atoms in total. The Morgan fingerprint density at radius 2 is 1.97 bits per heavy atom. The molecule has 1 aliphatic rings. The summed E-state index contributed by atoms with van der Waals surface area (Å²) >= 11 is 1.38. The molecule has 1 fully saturated rings. The van der Waals surface area contributed by atoms with Crippen molar-refractivity contribution in [1.29, 1.82) is 0 Å². The summed E-state index contributed by atoms with van der Waals surface area (Å²) in [7, 11) is 5.76. The van der Waals surface area contributed by atoms with E-state index in [0.717, 1.165) is 54.1 Å². The normalized spacial score (nSPS) is 19.1. The summed E-state index contributed by atoms with van der Waals surface area (Å²) in [5.74, 6) is -0.885. The van der Waals surface area contributed by atoms with Gasteiger partial charge in [0.25, 0.3) is 0 Å². The van der Waals surface area contributed by atoms with Gasteiger partial charge in [-0.25, -0.2) is 8.78 Å². The van der Waals surface area contributed by atoms with Crippen LogP contribution in [0.4, 0.5) is 8.78 Å². The lowest BCUT2D eigenvalue weighted by atomic mass is 9.80. The lowest BCUT2D eigenvalue weighted by Crippen LogP contribution is -2.44. The fourth-order valence-electron chi connectivity index (χ4n) is 5.43. The summed E-state index contributed by atoms with van der Waals surface area (Å²) in [6, 6.07) is 11.6. The summed E-state index contributed by atoms with van der Waals surface area (Å²) in [5.41, 5.74) is 2.07. The third-order valence-electron chi connectivity index (χ3n) is 7.45. The van der Waals surface area contributed by atoms with Gasteiger partial charge < -0.3 is 19.6 Å². The average Bonchev–Trinajstić information content (AvgIpc) is 2.88. The number of hydrogen-bond acceptors (Lipinski definition) is 6. The van der Waals surface area contributed by atoms with Crippen molar-refractivity contribution in [3.8, 4) is 5.75 Å². The number of thioether (sulfide) groups is 1. The van der Waals surface area contributed by atoms with E-state index in [2.05, 4.69) is 28.9 Å². The Kier molecular flexibility index (Phi) is 9.57. The molecule has 0 radical (unpaired) electrons. The number of hydrogen-bond donors (Lipinski definition) is 1. The molecule has 9 heteroatoms. The number of ether oxygens (including phenoxy) is 1. The fourth-order valence-corrected chi connectivity index (χ4v) is 6.41. The third-order valence-corrected chi connectivity index (χ3v) is 8.40. The number of carboxylic acids is 1. The SMILES string of the molecule is COc1ccc2nccc([C@H](CC[C@@H]3CCN(CCSc4cc(F)cc(F)c4)C[C@@H]3C(=O)O)N(C)C)c2c1. The summed E-state index contributed by atoms with van der Waals surface area (Å²) < 4.78 is 32.3. The van der Waals surface area contributed by atoms with Gasteiger partial charge in [-0.1, -0.05) is 0 Å². The Labute approximate surface area is 227 Å². The van der Waals surface area contributed by atoms with Crippen molar-refractivity contribution in [2.24, 2.45) is 11.8 Å². The highest BCUT2D eigenvalue weighted by molar-refractivity contribution is 7.99. The first-order valence-electron chi connectivity index (χ1n) is 12.9. The largest absolute Gasteiger partial charge is 0.497 e. The average molecular weight is 544 g/mol. The van der Waals surface area contributed by atoms with Crippen molar-refractivity contribution in [2.75, 3.05) is 46.6 Å². The van der Waals surface area contributed by atoms with Crippen molar-refractivity contribution in [3.05, 3.63) is 65.9 Å². The number of pyridine rings is 1. The second-order valence-corrected chi connectivity index (χ2v) is 11.3.